The molecule has 2 N–H and O–H groups in total. The number of aromatic nitrogens is 3. The average molecular weight is 155 g/mol. The van der Waals surface area contributed by atoms with Gasteiger partial charge in [-0.15, -0.1) is 10.2 Å². The van der Waals surface area contributed by atoms with Crippen molar-refractivity contribution in [2.75, 3.05) is 11.6 Å². The van der Waals surface area contributed by atoms with E-state index in [1.807, 2.05) is 6.07 Å². The molecule has 1 heterocycles. The zero-order chi connectivity index (χ0) is 7.40. The van der Waals surface area contributed by atoms with Crippen LogP contribution >= 0.6 is 11.8 Å². The first kappa shape index (κ1) is 6.89. The third-order valence-corrected chi connectivity index (χ3v) is 1.63. The summed E-state index contributed by atoms with van der Waals surface area (Å²) in [6.07, 6.45) is 1.39. The molecule has 0 bridgehead atoms. The van der Waals surface area contributed by atoms with E-state index in [4.69, 9.17) is 11.1 Å². The van der Waals surface area contributed by atoms with Gasteiger partial charge in [0.1, 0.15) is 6.33 Å². The lowest BCUT2D eigenvalue weighted by molar-refractivity contribution is 0.847. The second kappa shape index (κ2) is 3.08. The Hall–Kier alpha value is -1.22. The Labute approximate surface area is 61.8 Å². The van der Waals surface area contributed by atoms with E-state index < -0.39 is 0 Å². The van der Waals surface area contributed by atoms with E-state index in [2.05, 4.69) is 10.2 Å². The van der Waals surface area contributed by atoms with Crippen molar-refractivity contribution < 1.29 is 0 Å². The molecule has 1 aromatic heterocycles. The highest BCUT2D eigenvalue weighted by Gasteiger charge is 1.99. The molecule has 5 nitrogen and oxygen atoms in total. The summed E-state index contributed by atoms with van der Waals surface area (Å²) in [7, 11) is 0. The Morgan fingerprint density at radius 1 is 1.90 bits per heavy atom. The molecule has 0 fully saturated rings. The van der Waals surface area contributed by atoms with E-state index in [0.29, 0.717) is 10.9 Å². The van der Waals surface area contributed by atoms with E-state index in [9.17, 15) is 0 Å². The van der Waals surface area contributed by atoms with Gasteiger partial charge in [-0.2, -0.15) is 5.26 Å². The zero-order valence-corrected chi connectivity index (χ0v) is 5.88. The normalized spacial score (nSPS) is 9.10. The van der Waals surface area contributed by atoms with Crippen LogP contribution in [0.3, 0.4) is 0 Å². The van der Waals surface area contributed by atoms with E-state index in [1.165, 1.54) is 22.8 Å². The monoisotopic (exact) mass is 155 g/mol. The fourth-order valence-electron chi connectivity index (χ4n) is 0.432. The number of thioether (sulfide) groups is 1. The molecule has 0 unspecified atom stereocenters. The van der Waals surface area contributed by atoms with Gasteiger partial charge in [-0.25, -0.2) is 4.68 Å². The zero-order valence-electron chi connectivity index (χ0n) is 5.06. The molecule has 0 saturated carbocycles. The molecule has 52 valence electrons. The van der Waals surface area contributed by atoms with E-state index in [1.54, 1.807) is 0 Å². The van der Waals surface area contributed by atoms with Gasteiger partial charge < -0.3 is 5.84 Å². The van der Waals surface area contributed by atoms with Gasteiger partial charge in [0.2, 0.25) is 5.16 Å². The molecule has 0 aliphatic rings. The van der Waals surface area contributed by atoms with Crippen molar-refractivity contribution >= 4 is 11.8 Å². The maximum atomic E-state index is 8.19. The average Bonchev–Trinajstić information content (AvgIpc) is 2.31. The topological polar surface area (TPSA) is 80.5 Å². The molecule has 0 aliphatic carbocycles. The van der Waals surface area contributed by atoms with Crippen molar-refractivity contribution in [2.24, 2.45) is 0 Å². The maximum absolute atomic E-state index is 8.19. The van der Waals surface area contributed by atoms with Crippen molar-refractivity contribution in [1.82, 2.24) is 14.9 Å². The van der Waals surface area contributed by atoms with Gasteiger partial charge in [-0.1, -0.05) is 11.8 Å². The number of hydrogen-bond acceptors (Lipinski definition) is 5. The van der Waals surface area contributed by atoms with Crippen molar-refractivity contribution in [3.05, 3.63) is 6.33 Å². The van der Waals surface area contributed by atoms with Gasteiger partial charge in [0, 0.05) is 0 Å². The fraction of sp³-hybridized carbons (Fsp3) is 0.250. The number of nitrogens with two attached hydrogens (primary N) is 1. The molecule has 0 aromatic carbocycles. The first-order valence-corrected chi connectivity index (χ1v) is 3.48. The lowest BCUT2D eigenvalue weighted by atomic mass is 10.9. The van der Waals surface area contributed by atoms with Crippen LogP contribution in [0.2, 0.25) is 0 Å². The Kier molecular flexibility index (Phi) is 2.12. The van der Waals surface area contributed by atoms with Crippen molar-refractivity contribution in [2.45, 2.75) is 5.16 Å². The minimum atomic E-state index is 0.343. The molecule has 10 heavy (non-hydrogen) atoms. The lowest BCUT2D eigenvalue weighted by Gasteiger charge is -1.92. The van der Waals surface area contributed by atoms with Crippen LogP contribution in [0.4, 0.5) is 0 Å². The van der Waals surface area contributed by atoms with Crippen LogP contribution in [0.15, 0.2) is 11.5 Å². The predicted octanol–water partition coefficient (Wildman–Crippen LogP) is -0.392. The van der Waals surface area contributed by atoms with Gasteiger partial charge >= 0.3 is 0 Å². The van der Waals surface area contributed by atoms with Crippen LogP contribution < -0.4 is 5.84 Å². The molecular formula is C4H5N5S. The Morgan fingerprint density at radius 3 is 3.20 bits per heavy atom. The lowest BCUT2D eigenvalue weighted by Crippen LogP contribution is -2.07. The summed E-state index contributed by atoms with van der Waals surface area (Å²) in [4.78, 5) is 0. The summed E-state index contributed by atoms with van der Waals surface area (Å²) in [6.45, 7) is 0. The number of hydrogen-bond donors (Lipinski definition) is 1. The van der Waals surface area contributed by atoms with Crippen LogP contribution in [-0.2, 0) is 0 Å². The number of nitrogens with zero attached hydrogens (tertiary/aromatic N) is 4. The van der Waals surface area contributed by atoms with Crippen LogP contribution in [-0.4, -0.2) is 20.6 Å². The third-order valence-electron chi connectivity index (χ3n) is 0.806. The van der Waals surface area contributed by atoms with Gasteiger partial charge in [0.15, 0.2) is 0 Å². The van der Waals surface area contributed by atoms with Gasteiger partial charge in [-0.05, 0) is 0 Å². The van der Waals surface area contributed by atoms with Crippen LogP contribution in [0, 0.1) is 11.3 Å². The SMILES string of the molecule is N#CCSc1nncn1N. The summed E-state index contributed by atoms with van der Waals surface area (Å²) in [5, 5.41) is 15.9. The molecule has 0 amide bonds. The number of nitriles is 1. The summed E-state index contributed by atoms with van der Waals surface area (Å²) in [5.41, 5.74) is 0. The smallest absolute Gasteiger partial charge is 0.210 e. The minimum Gasteiger partial charge on any atom is -0.336 e. The summed E-state index contributed by atoms with van der Waals surface area (Å²) >= 11 is 1.26. The van der Waals surface area contributed by atoms with Crippen molar-refractivity contribution in [1.29, 1.82) is 5.26 Å². The van der Waals surface area contributed by atoms with Crippen LogP contribution in [0.1, 0.15) is 0 Å². The maximum Gasteiger partial charge on any atom is 0.210 e. The first-order valence-electron chi connectivity index (χ1n) is 2.49. The number of nitrogen functional groups attached to an aromatic ring is 1. The highest BCUT2D eigenvalue weighted by atomic mass is 32.2. The Bertz CT molecular complexity index is 248. The minimum absolute atomic E-state index is 0.343. The third kappa shape index (κ3) is 1.39. The second-order valence-electron chi connectivity index (χ2n) is 1.47. The molecule has 0 aliphatic heterocycles. The first-order chi connectivity index (χ1) is 4.84. The molecule has 0 radical (unpaired) electrons. The summed E-state index contributed by atoms with van der Waals surface area (Å²) < 4.78 is 1.28. The fourth-order valence-corrected chi connectivity index (χ4v) is 0.927. The highest BCUT2D eigenvalue weighted by molar-refractivity contribution is 7.99. The summed E-state index contributed by atoms with van der Waals surface area (Å²) in [5.74, 6) is 5.69. The Balaban J connectivity index is 2.59. The molecular weight excluding hydrogens is 150 g/mol. The van der Waals surface area contributed by atoms with Gasteiger partial charge in [-0.3, -0.25) is 0 Å². The van der Waals surface area contributed by atoms with E-state index in [-0.39, 0.29) is 0 Å². The molecule has 0 atom stereocenters. The van der Waals surface area contributed by atoms with Crippen molar-refractivity contribution in [3.63, 3.8) is 0 Å². The predicted molar refractivity (Wildman–Crippen MR) is 36.5 cm³/mol. The van der Waals surface area contributed by atoms with Gasteiger partial charge in [0.05, 0.1) is 11.8 Å². The molecule has 1 aromatic rings. The van der Waals surface area contributed by atoms with Crippen LogP contribution in [0.5, 0.6) is 0 Å². The molecule has 0 spiro atoms. The quantitative estimate of drug-likeness (QED) is 0.464. The largest absolute Gasteiger partial charge is 0.336 e. The van der Waals surface area contributed by atoms with Gasteiger partial charge in [0.25, 0.3) is 0 Å². The van der Waals surface area contributed by atoms with E-state index in [0.717, 1.165) is 0 Å². The molecule has 1 rings (SSSR count). The Morgan fingerprint density at radius 2 is 2.70 bits per heavy atom. The van der Waals surface area contributed by atoms with E-state index >= 15 is 0 Å². The van der Waals surface area contributed by atoms with Crippen LogP contribution in [0.25, 0.3) is 0 Å². The summed E-state index contributed by atoms with van der Waals surface area (Å²) in [6, 6.07) is 1.96. The number of rotatable bonds is 2. The highest BCUT2D eigenvalue weighted by Crippen LogP contribution is 2.10. The second-order valence-corrected chi connectivity index (χ2v) is 2.41. The molecule has 0 saturated heterocycles. The molecule has 6 heteroatoms. The standard InChI is InChI=1S/C4H5N5S/c5-1-2-10-4-8-7-3-9(4)6/h3H,2,6H2. The van der Waals surface area contributed by atoms with Crippen molar-refractivity contribution in [3.8, 4) is 6.07 Å².